The molecule has 0 aliphatic heterocycles. The van der Waals surface area contributed by atoms with E-state index in [0.717, 1.165) is 69.9 Å². The Kier molecular flexibility index (Phi) is 6.52. The predicted octanol–water partition coefficient (Wildman–Crippen LogP) is 6.27. The highest BCUT2D eigenvalue weighted by Gasteiger charge is 2.65. The van der Waals surface area contributed by atoms with Gasteiger partial charge >= 0.3 is 5.97 Å². The third-order valence-corrected chi connectivity index (χ3v) is 9.40. The minimum absolute atomic E-state index is 0.0725. The molecule has 4 aliphatic carbocycles. The summed E-state index contributed by atoms with van der Waals surface area (Å²) in [5.74, 6) is 5.48. The zero-order valence-electron chi connectivity index (χ0n) is 19.4. The van der Waals surface area contributed by atoms with Crippen LogP contribution >= 0.6 is 0 Å². The second-order valence-electron chi connectivity index (χ2n) is 10.4. The Bertz CT molecular complexity index is 793. The summed E-state index contributed by atoms with van der Waals surface area (Å²) in [6.07, 6.45) is 21.2. The van der Waals surface area contributed by atoms with E-state index in [1.807, 2.05) is 0 Å². The average molecular weight is 426 g/mol. The summed E-state index contributed by atoms with van der Waals surface area (Å²) in [7, 11) is 0. The third kappa shape index (κ3) is 3.62. The number of hydrogen-bond donors (Lipinski definition) is 1. The molecular weight excluding hydrogens is 386 g/mol. The van der Waals surface area contributed by atoms with Crippen molar-refractivity contribution < 1.29 is 14.7 Å². The van der Waals surface area contributed by atoms with Crippen LogP contribution in [0.25, 0.3) is 0 Å². The average Bonchev–Trinajstić information content (AvgIpc) is 3.13. The number of unbranched alkanes of at least 4 members (excludes halogenated alkanes) is 2. The van der Waals surface area contributed by atoms with Crippen LogP contribution in [0.15, 0.2) is 16.8 Å². The van der Waals surface area contributed by atoms with Gasteiger partial charge < -0.3 is 9.94 Å². The van der Waals surface area contributed by atoms with Crippen molar-refractivity contribution in [2.75, 3.05) is 0 Å². The van der Waals surface area contributed by atoms with E-state index in [1.54, 1.807) is 0 Å². The van der Waals surface area contributed by atoms with Crippen LogP contribution in [0.3, 0.4) is 0 Å². The van der Waals surface area contributed by atoms with Gasteiger partial charge in [-0.25, -0.2) is 0 Å². The minimum atomic E-state index is -0.722. The summed E-state index contributed by atoms with van der Waals surface area (Å²) in [5.41, 5.74) is 1.54. The van der Waals surface area contributed by atoms with Gasteiger partial charge in [0.25, 0.3) is 0 Å². The second-order valence-corrected chi connectivity index (χ2v) is 10.4. The maximum atomic E-state index is 12.7. The molecule has 0 spiro atoms. The van der Waals surface area contributed by atoms with Crippen LogP contribution in [-0.2, 0) is 9.53 Å². The van der Waals surface area contributed by atoms with E-state index in [2.05, 4.69) is 31.0 Å². The molecule has 4 heteroatoms. The molecule has 0 bridgehead atoms. The molecule has 170 valence electrons. The first kappa shape index (κ1) is 22.4. The zero-order chi connectivity index (χ0) is 22.1. The van der Waals surface area contributed by atoms with Gasteiger partial charge in [0.2, 0.25) is 0 Å². The van der Waals surface area contributed by atoms with E-state index in [4.69, 9.17) is 11.2 Å². The Morgan fingerprint density at radius 2 is 2.03 bits per heavy atom. The number of rotatable bonds is 6. The highest BCUT2D eigenvalue weighted by Crippen LogP contribution is 2.67. The van der Waals surface area contributed by atoms with Crippen molar-refractivity contribution in [1.29, 1.82) is 0 Å². The molecule has 0 aromatic heterocycles. The summed E-state index contributed by atoms with van der Waals surface area (Å²) in [5, 5.41) is 12.7. The lowest BCUT2D eigenvalue weighted by Gasteiger charge is -2.56. The summed E-state index contributed by atoms with van der Waals surface area (Å²) < 4.78 is 6.24. The van der Waals surface area contributed by atoms with Gasteiger partial charge in [-0.15, -0.1) is 6.42 Å². The summed E-state index contributed by atoms with van der Waals surface area (Å²) in [4.78, 5) is 12.7. The van der Waals surface area contributed by atoms with Crippen LogP contribution in [0.1, 0.15) is 97.3 Å². The maximum absolute atomic E-state index is 12.7. The Balaban J connectivity index is 1.56. The monoisotopic (exact) mass is 425 g/mol. The van der Waals surface area contributed by atoms with E-state index in [1.165, 1.54) is 18.4 Å². The molecule has 4 rings (SSSR count). The van der Waals surface area contributed by atoms with E-state index in [9.17, 15) is 10.0 Å². The van der Waals surface area contributed by atoms with Gasteiger partial charge in [-0.3, -0.25) is 4.79 Å². The normalized spacial score (nSPS) is 40.3. The molecule has 4 nitrogen and oxygen atoms in total. The van der Waals surface area contributed by atoms with Gasteiger partial charge in [-0.05, 0) is 94.0 Å². The number of terminal acetylenes is 1. The van der Waals surface area contributed by atoms with Crippen LogP contribution in [-0.4, -0.2) is 22.5 Å². The minimum Gasteiger partial charge on any atom is -0.445 e. The van der Waals surface area contributed by atoms with Crippen LogP contribution in [0.2, 0.25) is 0 Å². The number of carbonyl (C=O) groups excluding carboxylic acids is 1. The smallest absolute Gasteiger partial charge is 0.307 e. The molecular formula is C27H39NO3. The first-order valence-corrected chi connectivity index (χ1v) is 12.6. The van der Waals surface area contributed by atoms with Gasteiger partial charge in [0, 0.05) is 11.8 Å². The number of hydrogen-bond acceptors (Lipinski definition) is 4. The number of oxime groups is 1. The Labute approximate surface area is 187 Å². The van der Waals surface area contributed by atoms with Gasteiger partial charge in [-0.2, -0.15) is 0 Å². The molecule has 0 heterocycles. The van der Waals surface area contributed by atoms with Crippen LogP contribution in [0, 0.1) is 41.4 Å². The van der Waals surface area contributed by atoms with Crippen molar-refractivity contribution in [2.45, 2.75) is 103 Å². The number of allylic oxidation sites excluding steroid dienone is 2. The molecule has 3 saturated carbocycles. The molecule has 0 aromatic rings. The summed E-state index contributed by atoms with van der Waals surface area (Å²) in [6, 6.07) is 0. The standard InChI is InChI=1S/C27H39NO3/c1-4-7-8-9-25(29)31-27(6-3)17-15-24-23-12-10-19-18-20(28-30)11-13-21(19)22(23)14-16-26(24,27)5-2/h3,18,21-24,30H,4-5,7-17H2,1-2H3/b28-20-/t21-,22+,23+,24-,26-,27-/m0/s1. The topological polar surface area (TPSA) is 58.9 Å². The van der Waals surface area contributed by atoms with Gasteiger partial charge in [0.1, 0.15) is 0 Å². The van der Waals surface area contributed by atoms with E-state index >= 15 is 0 Å². The molecule has 0 amide bonds. The number of fused-ring (bicyclic) bond motifs is 5. The molecule has 4 aliphatic rings. The fraction of sp³-hybridized carbons (Fsp3) is 0.778. The molecule has 31 heavy (non-hydrogen) atoms. The first-order chi connectivity index (χ1) is 15.0. The predicted molar refractivity (Wildman–Crippen MR) is 123 cm³/mol. The number of carbonyl (C=O) groups is 1. The summed E-state index contributed by atoms with van der Waals surface area (Å²) in [6.45, 7) is 4.41. The quantitative estimate of drug-likeness (QED) is 0.179. The van der Waals surface area contributed by atoms with Crippen molar-refractivity contribution in [3.05, 3.63) is 11.6 Å². The van der Waals surface area contributed by atoms with Crippen LogP contribution < -0.4 is 0 Å². The first-order valence-electron chi connectivity index (χ1n) is 12.6. The molecule has 0 saturated heterocycles. The van der Waals surface area contributed by atoms with Crippen molar-refractivity contribution in [1.82, 2.24) is 0 Å². The fourth-order valence-electron chi connectivity index (χ4n) is 7.97. The van der Waals surface area contributed by atoms with Gasteiger partial charge in [0.05, 0.1) is 5.71 Å². The van der Waals surface area contributed by atoms with Gasteiger partial charge in [-0.1, -0.05) is 43.3 Å². The highest BCUT2D eigenvalue weighted by atomic mass is 16.6. The van der Waals surface area contributed by atoms with E-state index < -0.39 is 5.60 Å². The molecule has 0 unspecified atom stereocenters. The Morgan fingerprint density at radius 3 is 2.74 bits per heavy atom. The molecule has 3 fully saturated rings. The number of nitrogens with zero attached hydrogens (tertiary/aromatic N) is 1. The lowest BCUT2D eigenvalue weighted by atomic mass is 9.49. The molecule has 1 N–H and O–H groups in total. The lowest BCUT2D eigenvalue weighted by molar-refractivity contribution is -0.173. The fourth-order valence-corrected chi connectivity index (χ4v) is 7.97. The molecule has 0 aromatic carbocycles. The van der Waals surface area contributed by atoms with E-state index in [-0.39, 0.29) is 11.4 Å². The van der Waals surface area contributed by atoms with Crippen molar-refractivity contribution >= 4 is 11.7 Å². The van der Waals surface area contributed by atoms with Crippen LogP contribution in [0.4, 0.5) is 0 Å². The van der Waals surface area contributed by atoms with Crippen LogP contribution in [0.5, 0.6) is 0 Å². The molecule has 0 radical (unpaired) electrons. The Morgan fingerprint density at radius 1 is 1.19 bits per heavy atom. The molecule has 6 atom stereocenters. The maximum Gasteiger partial charge on any atom is 0.307 e. The Hall–Kier alpha value is -1.76. The lowest BCUT2D eigenvalue weighted by Crippen LogP contribution is -2.55. The third-order valence-electron chi connectivity index (χ3n) is 9.40. The second kappa shape index (κ2) is 9.00. The van der Waals surface area contributed by atoms with E-state index in [0.29, 0.717) is 30.1 Å². The SMILES string of the molecule is C#C[C@]1(OC(=O)CCCCC)CC[C@H]2[C@@H]3CCC4=C/C(=N\O)CC[C@@H]4[C@H]3CC[C@@]21CC. The van der Waals surface area contributed by atoms with Gasteiger partial charge in [0.15, 0.2) is 5.60 Å². The number of esters is 1. The zero-order valence-corrected chi connectivity index (χ0v) is 19.4. The summed E-state index contributed by atoms with van der Waals surface area (Å²) >= 11 is 0. The van der Waals surface area contributed by atoms with Crippen molar-refractivity contribution in [3.8, 4) is 12.3 Å². The highest BCUT2D eigenvalue weighted by molar-refractivity contribution is 5.96. The van der Waals surface area contributed by atoms with Crippen molar-refractivity contribution in [2.24, 2.45) is 34.2 Å². The number of ether oxygens (including phenoxy) is 1. The van der Waals surface area contributed by atoms with Crippen molar-refractivity contribution in [3.63, 3.8) is 0 Å². The largest absolute Gasteiger partial charge is 0.445 e.